The number of H-pyrrole nitrogens is 1. The molecule has 2 aromatic rings. The molecule has 0 radical (unpaired) electrons. The summed E-state index contributed by atoms with van der Waals surface area (Å²) in [7, 11) is 1.68. The standard InChI is InChI=1S/C11H15N5O2S/c1-18-7-6-12-5-4-10-15-16-11(19-10)8-2-3-9(17)14-13-8/h2-3,12H,4-7H2,1H3,(H,14,17). The zero-order valence-electron chi connectivity index (χ0n) is 10.5. The Labute approximate surface area is 114 Å². The summed E-state index contributed by atoms with van der Waals surface area (Å²) in [4.78, 5) is 10.9. The van der Waals surface area contributed by atoms with Crippen LogP contribution in [0, 0.1) is 0 Å². The second-order valence-corrected chi connectivity index (χ2v) is 4.86. The Kier molecular flexibility index (Phi) is 5.13. The molecule has 0 aliphatic heterocycles. The SMILES string of the molecule is COCCNCCc1nnc(-c2ccc(=O)[nH]n2)s1. The molecule has 0 bridgehead atoms. The van der Waals surface area contributed by atoms with E-state index in [2.05, 4.69) is 25.7 Å². The van der Waals surface area contributed by atoms with Crippen molar-refractivity contribution in [2.24, 2.45) is 0 Å². The van der Waals surface area contributed by atoms with Crippen LogP contribution in [0.1, 0.15) is 5.01 Å². The van der Waals surface area contributed by atoms with Crippen molar-refractivity contribution >= 4 is 11.3 Å². The topological polar surface area (TPSA) is 92.8 Å². The lowest BCUT2D eigenvalue weighted by Gasteiger charge is -2.00. The fourth-order valence-corrected chi connectivity index (χ4v) is 2.23. The number of methoxy groups -OCH3 is 1. The van der Waals surface area contributed by atoms with Crippen LogP contribution in [0.25, 0.3) is 10.7 Å². The Morgan fingerprint density at radius 3 is 3.00 bits per heavy atom. The Balaban J connectivity index is 1.88. The van der Waals surface area contributed by atoms with E-state index in [1.165, 1.54) is 17.4 Å². The molecular weight excluding hydrogens is 266 g/mol. The molecule has 0 aliphatic carbocycles. The van der Waals surface area contributed by atoms with Crippen LogP contribution in [0.2, 0.25) is 0 Å². The van der Waals surface area contributed by atoms with Crippen LogP contribution >= 0.6 is 11.3 Å². The molecule has 0 spiro atoms. The van der Waals surface area contributed by atoms with Gasteiger partial charge in [-0.2, -0.15) is 5.10 Å². The van der Waals surface area contributed by atoms with Crippen LogP contribution in [0.15, 0.2) is 16.9 Å². The van der Waals surface area contributed by atoms with Gasteiger partial charge in [0.2, 0.25) is 0 Å². The molecule has 0 atom stereocenters. The highest BCUT2D eigenvalue weighted by Gasteiger charge is 2.07. The summed E-state index contributed by atoms with van der Waals surface area (Å²) in [5.74, 6) is 0. The van der Waals surface area contributed by atoms with Crippen LogP contribution in [0.3, 0.4) is 0 Å². The molecule has 0 saturated heterocycles. The third-order valence-corrected chi connectivity index (χ3v) is 3.37. The van der Waals surface area contributed by atoms with Crippen molar-refractivity contribution in [3.63, 3.8) is 0 Å². The van der Waals surface area contributed by atoms with E-state index >= 15 is 0 Å². The molecule has 2 aromatic heterocycles. The highest BCUT2D eigenvalue weighted by molar-refractivity contribution is 7.14. The van der Waals surface area contributed by atoms with E-state index < -0.39 is 0 Å². The van der Waals surface area contributed by atoms with Crippen molar-refractivity contribution in [1.29, 1.82) is 0 Å². The highest BCUT2D eigenvalue weighted by atomic mass is 32.1. The van der Waals surface area contributed by atoms with Gasteiger partial charge in [-0.1, -0.05) is 11.3 Å². The molecule has 0 aliphatic rings. The van der Waals surface area contributed by atoms with Crippen molar-refractivity contribution in [2.45, 2.75) is 6.42 Å². The minimum absolute atomic E-state index is 0.226. The van der Waals surface area contributed by atoms with Gasteiger partial charge >= 0.3 is 0 Å². The van der Waals surface area contributed by atoms with Crippen molar-refractivity contribution < 1.29 is 4.74 Å². The van der Waals surface area contributed by atoms with E-state index in [1.54, 1.807) is 13.2 Å². The minimum Gasteiger partial charge on any atom is -0.383 e. The third-order valence-electron chi connectivity index (χ3n) is 2.36. The number of hydrogen-bond acceptors (Lipinski definition) is 7. The lowest BCUT2D eigenvalue weighted by atomic mass is 10.4. The van der Waals surface area contributed by atoms with Gasteiger partial charge in [-0.05, 0) is 6.07 Å². The molecule has 2 heterocycles. The monoisotopic (exact) mass is 281 g/mol. The summed E-state index contributed by atoms with van der Waals surface area (Å²) in [5, 5.41) is 19.4. The number of nitrogens with one attached hydrogen (secondary N) is 2. The minimum atomic E-state index is -0.226. The largest absolute Gasteiger partial charge is 0.383 e. The average molecular weight is 281 g/mol. The zero-order chi connectivity index (χ0) is 13.5. The molecule has 0 amide bonds. The van der Waals surface area contributed by atoms with E-state index in [9.17, 15) is 4.79 Å². The molecule has 0 saturated carbocycles. The molecule has 2 rings (SSSR count). The van der Waals surface area contributed by atoms with E-state index in [0.717, 1.165) is 24.5 Å². The number of hydrogen-bond donors (Lipinski definition) is 2. The lowest BCUT2D eigenvalue weighted by molar-refractivity contribution is 0.199. The fraction of sp³-hybridized carbons (Fsp3) is 0.455. The van der Waals surface area contributed by atoms with Crippen molar-refractivity contribution in [3.8, 4) is 10.7 Å². The maximum Gasteiger partial charge on any atom is 0.264 e. The number of aromatic nitrogens is 4. The molecule has 0 fully saturated rings. The van der Waals surface area contributed by atoms with Crippen LogP contribution < -0.4 is 10.9 Å². The predicted octanol–water partition coefficient (Wildman–Crippen LogP) is 0.0669. The molecule has 2 N–H and O–H groups in total. The Bertz CT molecular complexity index is 548. The average Bonchev–Trinajstić information content (AvgIpc) is 2.88. The number of nitrogens with zero attached hydrogens (tertiary/aromatic N) is 3. The first-order chi connectivity index (χ1) is 9.29. The molecule has 0 unspecified atom stereocenters. The van der Waals surface area contributed by atoms with E-state index in [1.807, 2.05) is 0 Å². The number of aromatic amines is 1. The summed E-state index contributed by atoms with van der Waals surface area (Å²) < 4.78 is 4.94. The molecule has 7 nitrogen and oxygen atoms in total. The van der Waals surface area contributed by atoms with E-state index in [0.29, 0.717) is 17.3 Å². The van der Waals surface area contributed by atoms with Crippen molar-refractivity contribution in [2.75, 3.05) is 26.8 Å². The Hall–Kier alpha value is -1.64. The van der Waals surface area contributed by atoms with Crippen LogP contribution in [0.4, 0.5) is 0 Å². The van der Waals surface area contributed by atoms with Gasteiger partial charge in [0.25, 0.3) is 5.56 Å². The molecular formula is C11H15N5O2S. The molecule has 19 heavy (non-hydrogen) atoms. The number of rotatable bonds is 7. The van der Waals surface area contributed by atoms with Crippen molar-refractivity contribution in [3.05, 3.63) is 27.5 Å². The van der Waals surface area contributed by atoms with Crippen LogP contribution in [-0.4, -0.2) is 47.2 Å². The first-order valence-electron chi connectivity index (χ1n) is 5.88. The molecule has 0 aromatic carbocycles. The molecule has 102 valence electrons. The van der Waals surface area contributed by atoms with Gasteiger partial charge in [-0.3, -0.25) is 4.79 Å². The van der Waals surface area contributed by atoms with E-state index in [-0.39, 0.29) is 5.56 Å². The summed E-state index contributed by atoms with van der Waals surface area (Å²) >= 11 is 1.48. The van der Waals surface area contributed by atoms with Gasteiger partial charge in [-0.25, -0.2) is 5.10 Å². The van der Waals surface area contributed by atoms with Gasteiger partial charge in [0.1, 0.15) is 10.7 Å². The summed E-state index contributed by atoms with van der Waals surface area (Å²) in [5.41, 5.74) is 0.409. The maximum absolute atomic E-state index is 10.9. The normalized spacial score (nSPS) is 10.8. The van der Waals surface area contributed by atoms with Gasteiger partial charge in [0.05, 0.1) is 6.61 Å². The Morgan fingerprint density at radius 2 is 2.26 bits per heavy atom. The Morgan fingerprint density at radius 1 is 1.37 bits per heavy atom. The van der Waals surface area contributed by atoms with Gasteiger partial charge < -0.3 is 10.1 Å². The highest BCUT2D eigenvalue weighted by Crippen LogP contribution is 2.20. The fourth-order valence-electron chi connectivity index (χ4n) is 1.42. The first-order valence-corrected chi connectivity index (χ1v) is 6.69. The predicted molar refractivity (Wildman–Crippen MR) is 72.2 cm³/mol. The van der Waals surface area contributed by atoms with Crippen LogP contribution in [0.5, 0.6) is 0 Å². The van der Waals surface area contributed by atoms with Gasteiger partial charge in [0, 0.05) is 32.7 Å². The second-order valence-electron chi connectivity index (χ2n) is 3.80. The molecule has 8 heteroatoms. The zero-order valence-corrected chi connectivity index (χ0v) is 11.4. The van der Waals surface area contributed by atoms with Gasteiger partial charge in [-0.15, -0.1) is 10.2 Å². The summed E-state index contributed by atoms with van der Waals surface area (Å²) in [6.45, 7) is 2.35. The summed E-state index contributed by atoms with van der Waals surface area (Å²) in [6, 6.07) is 3.07. The maximum atomic E-state index is 10.9. The third kappa shape index (κ3) is 4.19. The van der Waals surface area contributed by atoms with Gasteiger partial charge in [0.15, 0.2) is 5.01 Å². The number of ether oxygens (including phenoxy) is 1. The summed E-state index contributed by atoms with van der Waals surface area (Å²) in [6.07, 6.45) is 0.810. The first kappa shape index (κ1) is 13.8. The second kappa shape index (κ2) is 7.07. The van der Waals surface area contributed by atoms with Crippen molar-refractivity contribution in [1.82, 2.24) is 25.7 Å². The van der Waals surface area contributed by atoms with Crippen LogP contribution in [-0.2, 0) is 11.2 Å². The quantitative estimate of drug-likeness (QED) is 0.698. The smallest absolute Gasteiger partial charge is 0.264 e. The lowest BCUT2D eigenvalue weighted by Crippen LogP contribution is -2.21. The van der Waals surface area contributed by atoms with E-state index in [4.69, 9.17) is 4.74 Å².